The standard InChI is InChI=1S/C15H16F3N3O3/c1-2-23-14(22)9-12-10-21(20-19-12)8-7-11-3-5-13(6-4-11)24-15(16,17)18/h3-6,10H,2,7-9H2,1H3. The fourth-order valence-electron chi connectivity index (χ4n) is 1.99. The Balaban J connectivity index is 1.85. The Morgan fingerprint density at radius 3 is 2.58 bits per heavy atom. The summed E-state index contributed by atoms with van der Waals surface area (Å²) in [4.78, 5) is 11.3. The molecule has 0 fully saturated rings. The van der Waals surface area contributed by atoms with Crippen LogP contribution in [0.25, 0.3) is 0 Å². The van der Waals surface area contributed by atoms with E-state index in [2.05, 4.69) is 15.0 Å². The highest BCUT2D eigenvalue weighted by Crippen LogP contribution is 2.22. The molecule has 0 aliphatic carbocycles. The lowest BCUT2D eigenvalue weighted by Gasteiger charge is -2.09. The molecule has 0 radical (unpaired) electrons. The summed E-state index contributed by atoms with van der Waals surface area (Å²) in [5, 5.41) is 7.77. The summed E-state index contributed by atoms with van der Waals surface area (Å²) < 4.78 is 46.4. The first-order valence-corrected chi connectivity index (χ1v) is 7.25. The molecule has 0 bridgehead atoms. The number of aromatic nitrogens is 3. The third-order valence-electron chi connectivity index (χ3n) is 3.00. The second-order valence-electron chi connectivity index (χ2n) is 4.90. The van der Waals surface area contributed by atoms with Crippen molar-refractivity contribution in [3.8, 4) is 5.75 Å². The topological polar surface area (TPSA) is 66.2 Å². The van der Waals surface area contributed by atoms with E-state index in [1.165, 1.54) is 12.1 Å². The molecule has 0 N–H and O–H groups in total. The maximum atomic E-state index is 12.1. The van der Waals surface area contributed by atoms with Crippen molar-refractivity contribution >= 4 is 5.97 Å². The Bertz CT molecular complexity index is 669. The first kappa shape index (κ1) is 17.8. The molecule has 0 unspecified atom stereocenters. The van der Waals surface area contributed by atoms with Crippen LogP contribution < -0.4 is 4.74 Å². The van der Waals surface area contributed by atoms with Crippen molar-refractivity contribution in [1.82, 2.24) is 15.0 Å². The Morgan fingerprint density at radius 2 is 1.96 bits per heavy atom. The van der Waals surface area contributed by atoms with Crippen molar-refractivity contribution < 1.29 is 27.4 Å². The summed E-state index contributed by atoms with van der Waals surface area (Å²) in [6, 6.07) is 5.63. The van der Waals surface area contributed by atoms with E-state index in [-0.39, 0.29) is 18.1 Å². The number of alkyl halides is 3. The van der Waals surface area contributed by atoms with Gasteiger partial charge in [0, 0.05) is 12.7 Å². The predicted molar refractivity (Wildman–Crippen MR) is 77.2 cm³/mol. The molecule has 6 nitrogen and oxygen atoms in total. The zero-order chi connectivity index (χ0) is 17.6. The van der Waals surface area contributed by atoms with Gasteiger partial charge in [-0.1, -0.05) is 17.3 Å². The minimum absolute atomic E-state index is 0.0529. The highest BCUT2D eigenvalue weighted by molar-refractivity contribution is 5.71. The molecule has 1 heterocycles. The van der Waals surface area contributed by atoms with Gasteiger partial charge in [-0.15, -0.1) is 18.3 Å². The Morgan fingerprint density at radius 1 is 1.25 bits per heavy atom. The van der Waals surface area contributed by atoms with Crippen LogP contribution in [0.1, 0.15) is 18.2 Å². The van der Waals surface area contributed by atoms with Gasteiger partial charge in [-0.25, -0.2) is 0 Å². The van der Waals surface area contributed by atoms with Crippen LogP contribution in [0.15, 0.2) is 30.5 Å². The lowest BCUT2D eigenvalue weighted by molar-refractivity contribution is -0.274. The molecule has 0 atom stereocenters. The van der Waals surface area contributed by atoms with Crippen LogP contribution in [0, 0.1) is 0 Å². The number of benzene rings is 1. The van der Waals surface area contributed by atoms with E-state index < -0.39 is 6.36 Å². The third kappa shape index (κ3) is 5.90. The van der Waals surface area contributed by atoms with E-state index in [0.717, 1.165) is 5.56 Å². The van der Waals surface area contributed by atoms with Crippen LogP contribution >= 0.6 is 0 Å². The molecule has 1 aromatic carbocycles. The summed E-state index contributed by atoms with van der Waals surface area (Å²) in [6.07, 6.45) is -2.46. The average Bonchev–Trinajstić information content (AvgIpc) is 2.92. The minimum atomic E-state index is -4.70. The molecular weight excluding hydrogens is 327 g/mol. The van der Waals surface area contributed by atoms with Gasteiger partial charge in [-0.2, -0.15) is 0 Å². The van der Waals surface area contributed by atoms with Gasteiger partial charge >= 0.3 is 12.3 Å². The number of rotatable bonds is 7. The van der Waals surface area contributed by atoms with Crippen LogP contribution in [0.3, 0.4) is 0 Å². The fraction of sp³-hybridized carbons (Fsp3) is 0.400. The van der Waals surface area contributed by atoms with Crippen LogP contribution in [0.4, 0.5) is 13.2 Å². The van der Waals surface area contributed by atoms with E-state index in [4.69, 9.17) is 4.74 Å². The van der Waals surface area contributed by atoms with Crippen molar-refractivity contribution in [2.75, 3.05) is 6.61 Å². The quantitative estimate of drug-likeness (QED) is 0.723. The number of carbonyl (C=O) groups is 1. The first-order chi connectivity index (χ1) is 11.4. The van der Waals surface area contributed by atoms with Crippen LogP contribution in [-0.2, 0) is 28.9 Å². The third-order valence-corrected chi connectivity index (χ3v) is 3.00. The summed E-state index contributed by atoms with van der Waals surface area (Å²) in [6.45, 7) is 2.51. The SMILES string of the molecule is CCOC(=O)Cc1cn(CCc2ccc(OC(F)(F)F)cc2)nn1. The number of ether oxygens (including phenoxy) is 2. The molecule has 130 valence electrons. The molecule has 0 aliphatic rings. The van der Waals surface area contributed by atoms with E-state index in [1.807, 2.05) is 0 Å². The number of hydrogen-bond acceptors (Lipinski definition) is 5. The molecular formula is C15H16F3N3O3. The Labute approximate surface area is 136 Å². The molecule has 2 aromatic rings. The maximum Gasteiger partial charge on any atom is 0.573 e. The summed E-state index contributed by atoms with van der Waals surface area (Å²) in [5.74, 6) is -0.631. The van der Waals surface area contributed by atoms with Gasteiger partial charge in [0.25, 0.3) is 0 Å². The minimum Gasteiger partial charge on any atom is -0.466 e. The van der Waals surface area contributed by atoms with E-state index >= 15 is 0 Å². The Kier molecular flexibility index (Phi) is 5.78. The van der Waals surface area contributed by atoms with Crippen molar-refractivity contribution in [3.63, 3.8) is 0 Å². The first-order valence-electron chi connectivity index (χ1n) is 7.25. The lowest BCUT2D eigenvalue weighted by Crippen LogP contribution is -2.17. The number of hydrogen-bond donors (Lipinski definition) is 0. The van der Waals surface area contributed by atoms with Crippen LogP contribution in [0.2, 0.25) is 0 Å². The molecule has 2 rings (SSSR count). The summed E-state index contributed by atoms with van der Waals surface area (Å²) in [7, 11) is 0. The number of halogens is 3. The van der Waals surface area contributed by atoms with Crippen LogP contribution in [0.5, 0.6) is 5.75 Å². The van der Waals surface area contributed by atoms with Crippen molar-refractivity contribution in [2.45, 2.75) is 32.7 Å². The normalized spacial score (nSPS) is 11.3. The predicted octanol–water partition coefficient (Wildman–Crippen LogP) is 2.53. The van der Waals surface area contributed by atoms with Gasteiger partial charge in [0.2, 0.25) is 0 Å². The Hall–Kier alpha value is -2.58. The highest BCUT2D eigenvalue weighted by atomic mass is 19.4. The summed E-state index contributed by atoms with van der Waals surface area (Å²) >= 11 is 0. The molecule has 24 heavy (non-hydrogen) atoms. The second kappa shape index (κ2) is 7.80. The number of nitrogens with zero attached hydrogens (tertiary/aromatic N) is 3. The van der Waals surface area contributed by atoms with Crippen LogP contribution in [-0.4, -0.2) is 33.9 Å². The lowest BCUT2D eigenvalue weighted by atomic mass is 10.1. The molecule has 0 saturated heterocycles. The van der Waals surface area contributed by atoms with Crippen molar-refractivity contribution in [1.29, 1.82) is 0 Å². The van der Waals surface area contributed by atoms with E-state index in [0.29, 0.717) is 25.3 Å². The zero-order valence-corrected chi connectivity index (χ0v) is 12.9. The zero-order valence-electron chi connectivity index (χ0n) is 12.9. The smallest absolute Gasteiger partial charge is 0.466 e. The van der Waals surface area contributed by atoms with Crippen molar-refractivity contribution in [2.24, 2.45) is 0 Å². The summed E-state index contributed by atoms with van der Waals surface area (Å²) in [5.41, 5.74) is 1.33. The molecule has 0 saturated carbocycles. The second-order valence-corrected chi connectivity index (χ2v) is 4.90. The highest BCUT2D eigenvalue weighted by Gasteiger charge is 2.30. The van der Waals surface area contributed by atoms with Gasteiger partial charge in [-0.3, -0.25) is 9.48 Å². The average molecular weight is 343 g/mol. The van der Waals surface area contributed by atoms with Gasteiger partial charge in [-0.05, 0) is 31.0 Å². The van der Waals surface area contributed by atoms with Gasteiger partial charge in [0.15, 0.2) is 0 Å². The number of aryl methyl sites for hydroxylation is 2. The molecule has 0 spiro atoms. The molecule has 0 aliphatic heterocycles. The van der Waals surface area contributed by atoms with E-state index in [1.54, 1.807) is 29.9 Å². The monoisotopic (exact) mass is 343 g/mol. The number of carbonyl (C=O) groups excluding carboxylic acids is 1. The van der Waals surface area contributed by atoms with Gasteiger partial charge in [0.1, 0.15) is 5.75 Å². The molecule has 1 aromatic heterocycles. The fourth-order valence-corrected chi connectivity index (χ4v) is 1.99. The molecule has 9 heteroatoms. The molecule has 0 amide bonds. The van der Waals surface area contributed by atoms with Gasteiger partial charge in [0.05, 0.1) is 18.7 Å². The van der Waals surface area contributed by atoms with E-state index in [9.17, 15) is 18.0 Å². The number of esters is 1. The van der Waals surface area contributed by atoms with Crippen molar-refractivity contribution in [3.05, 3.63) is 41.7 Å². The largest absolute Gasteiger partial charge is 0.573 e. The maximum absolute atomic E-state index is 12.1. The van der Waals surface area contributed by atoms with Gasteiger partial charge < -0.3 is 9.47 Å².